The van der Waals surface area contributed by atoms with E-state index in [9.17, 15) is 23.5 Å². The number of phenols is 1. The van der Waals surface area contributed by atoms with Crippen molar-refractivity contribution >= 4 is 34.2 Å². The highest BCUT2D eigenvalue weighted by Gasteiger charge is 2.24. The molecule has 0 radical (unpaired) electrons. The summed E-state index contributed by atoms with van der Waals surface area (Å²) in [6.45, 7) is -0.683. The molecule has 2 aromatic carbocycles. The standard InChI is InChI=1S/C20H12F2N4O4S/c21-11-2-1-9(5-12(11)22)14-7-24-13-6-10(20-23-3-4-31-20)18(29)16(17(13)26-14)19(30)25-8-15(27)28/h1-7,29H,8H2,(H,25,30)(H,27,28). The van der Waals surface area contributed by atoms with Crippen LogP contribution >= 0.6 is 11.3 Å². The first-order valence-electron chi connectivity index (χ1n) is 8.73. The Balaban J connectivity index is 1.93. The summed E-state index contributed by atoms with van der Waals surface area (Å²) >= 11 is 1.22. The van der Waals surface area contributed by atoms with Gasteiger partial charge in [-0.05, 0) is 24.3 Å². The third-order valence-corrected chi connectivity index (χ3v) is 5.12. The maximum absolute atomic E-state index is 13.6. The number of aromatic hydroxyl groups is 1. The lowest BCUT2D eigenvalue weighted by Crippen LogP contribution is -2.29. The molecule has 4 aromatic rings. The smallest absolute Gasteiger partial charge is 0.322 e. The van der Waals surface area contributed by atoms with Crippen LogP contribution in [0.5, 0.6) is 5.75 Å². The second kappa shape index (κ2) is 8.03. The molecule has 0 aliphatic heterocycles. The van der Waals surface area contributed by atoms with Crippen LogP contribution in [0.2, 0.25) is 0 Å². The Bertz CT molecular complexity index is 1330. The molecule has 4 rings (SSSR count). The van der Waals surface area contributed by atoms with E-state index in [1.807, 2.05) is 0 Å². The number of nitrogens with zero attached hydrogens (tertiary/aromatic N) is 3. The van der Waals surface area contributed by atoms with Gasteiger partial charge in [0, 0.05) is 17.1 Å². The van der Waals surface area contributed by atoms with Crippen LogP contribution in [-0.2, 0) is 4.79 Å². The molecule has 0 aliphatic carbocycles. The topological polar surface area (TPSA) is 125 Å². The van der Waals surface area contributed by atoms with Gasteiger partial charge in [0.15, 0.2) is 11.6 Å². The van der Waals surface area contributed by atoms with E-state index in [0.29, 0.717) is 5.01 Å². The lowest BCUT2D eigenvalue weighted by Gasteiger charge is -2.12. The number of benzene rings is 2. The minimum Gasteiger partial charge on any atom is -0.506 e. The zero-order valence-electron chi connectivity index (χ0n) is 15.5. The third kappa shape index (κ3) is 3.90. The molecule has 11 heteroatoms. The fraction of sp³-hybridized carbons (Fsp3) is 0.0500. The van der Waals surface area contributed by atoms with Crippen molar-refractivity contribution in [3.63, 3.8) is 0 Å². The van der Waals surface area contributed by atoms with Crippen molar-refractivity contribution in [1.82, 2.24) is 20.3 Å². The number of halogens is 2. The summed E-state index contributed by atoms with van der Waals surface area (Å²) in [6, 6.07) is 4.64. The Kier molecular flexibility index (Phi) is 5.26. The maximum Gasteiger partial charge on any atom is 0.322 e. The number of carboxylic acid groups (broad SMARTS) is 1. The van der Waals surface area contributed by atoms with Gasteiger partial charge in [0.25, 0.3) is 5.91 Å². The fourth-order valence-electron chi connectivity index (χ4n) is 2.91. The second-order valence-electron chi connectivity index (χ2n) is 6.31. The largest absolute Gasteiger partial charge is 0.506 e. The zero-order chi connectivity index (χ0) is 22.1. The van der Waals surface area contributed by atoms with Gasteiger partial charge in [0.1, 0.15) is 28.4 Å². The van der Waals surface area contributed by atoms with Gasteiger partial charge in [-0.3, -0.25) is 14.6 Å². The first kappa shape index (κ1) is 20.3. The maximum atomic E-state index is 13.6. The Morgan fingerprint density at radius 1 is 1.13 bits per heavy atom. The number of carbonyl (C=O) groups excluding carboxylic acids is 1. The Hall–Kier alpha value is -3.99. The number of aliphatic carboxylic acids is 1. The molecule has 2 heterocycles. The molecule has 31 heavy (non-hydrogen) atoms. The lowest BCUT2D eigenvalue weighted by atomic mass is 10.0. The SMILES string of the molecule is O=C(O)CNC(=O)c1c(O)c(-c2nccs2)cc2ncc(-c3ccc(F)c(F)c3)nc12. The number of rotatable bonds is 5. The quantitative estimate of drug-likeness (QED) is 0.433. The van der Waals surface area contributed by atoms with Crippen molar-refractivity contribution in [2.24, 2.45) is 0 Å². The number of carboxylic acids is 1. The molecule has 156 valence electrons. The summed E-state index contributed by atoms with van der Waals surface area (Å²) in [5.74, 6) is -4.73. The van der Waals surface area contributed by atoms with Crippen LogP contribution < -0.4 is 5.32 Å². The second-order valence-corrected chi connectivity index (χ2v) is 7.21. The number of hydrogen-bond acceptors (Lipinski definition) is 7. The van der Waals surface area contributed by atoms with Gasteiger partial charge in [-0.25, -0.2) is 18.7 Å². The molecule has 8 nitrogen and oxygen atoms in total. The number of fused-ring (bicyclic) bond motifs is 1. The Morgan fingerprint density at radius 3 is 2.61 bits per heavy atom. The first-order chi connectivity index (χ1) is 14.8. The van der Waals surface area contributed by atoms with Gasteiger partial charge in [-0.1, -0.05) is 0 Å². The molecular formula is C20H12F2N4O4S. The van der Waals surface area contributed by atoms with Crippen LogP contribution in [0.3, 0.4) is 0 Å². The lowest BCUT2D eigenvalue weighted by molar-refractivity contribution is -0.135. The van der Waals surface area contributed by atoms with Crippen molar-refractivity contribution in [1.29, 1.82) is 0 Å². The average Bonchev–Trinajstić information content (AvgIpc) is 3.28. The van der Waals surface area contributed by atoms with E-state index in [2.05, 4.69) is 20.3 Å². The minimum atomic E-state index is -1.28. The number of amides is 1. The Labute approximate surface area is 176 Å². The van der Waals surface area contributed by atoms with E-state index < -0.39 is 35.8 Å². The summed E-state index contributed by atoms with van der Waals surface area (Å²) in [5, 5.41) is 24.0. The Morgan fingerprint density at radius 2 is 1.94 bits per heavy atom. The number of hydrogen-bond donors (Lipinski definition) is 3. The van der Waals surface area contributed by atoms with Crippen LogP contribution in [0.15, 0.2) is 42.0 Å². The van der Waals surface area contributed by atoms with E-state index in [1.54, 1.807) is 5.38 Å². The number of carbonyl (C=O) groups is 2. The molecular weight excluding hydrogens is 430 g/mol. The third-order valence-electron chi connectivity index (χ3n) is 4.32. The highest BCUT2D eigenvalue weighted by molar-refractivity contribution is 7.13. The molecule has 0 fully saturated rings. The molecule has 0 saturated heterocycles. The summed E-state index contributed by atoms with van der Waals surface area (Å²) in [7, 11) is 0. The monoisotopic (exact) mass is 442 g/mol. The predicted molar refractivity (Wildman–Crippen MR) is 108 cm³/mol. The van der Waals surface area contributed by atoms with Crippen molar-refractivity contribution < 1.29 is 28.6 Å². The van der Waals surface area contributed by atoms with E-state index >= 15 is 0 Å². The molecule has 3 N–H and O–H groups in total. The van der Waals surface area contributed by atoms with E-state index in [-0.39, 0.29) is 33.4 Å². The molecule has 0 atom stereocenters. The molecule has 2 aromatic heterocycles. The normalized spacial score (nSPS) is 10.9. The van der Waals surface area contributed by atoms with Gasteiger partial charge in [-0.2, -0.15) is 0 Å². The van der Waals surface area contributed by atoms with Crippen LogP contribution in [0.25, 0.3) is 32.9 Å². The highest BCUT2D eigenvalue weighted by Crippen LogP contribution is 2.38. The van der Waals surface area contributed by atoms with Crippen LogP contribution in [-0.4, -0.2) is 43.6 Å². The molecule has 0 aliphatic rings. The van der Waals surface area contributed by atoms with Gasteiger partial charge < -0.3 is 15.5 Å². The predicted octanol–water partition coefficient (Wildman–Crippen LogP) is 3.22. The fourth-order valence-corrected chi connectivity index (χ4v) is 3.57. The van der Waals surface area contributed by atoms with Crippen molar-refractivity contribution in [2.75, 3.05) is 6.54 Å². The molecule has 1 amide bonds. The van der Waals surface area contributed by atoms with Crippen molar-refractivity contribution in [3.05, 3.63) is 59.2 Å². The summed E-state index contributed by atoms with van der Waals surface area (Å²) in [4.78, 5) is 36.3. The molecule has 0 saturated carbocycles. The van der Waals surface area contributed by atoms with E-state index in [0.717, 1.165) is 12.1 Å². The van der Waals surface area contributed by atoms with Crippen LogP contribution in [0, 0.1) is 11.6 Å². The van der Waals surface area contributed by atoms with E-state index in [4.69, 9.17) is 5.11 Å². The molecule has 0 unspecified atom stereocenters. The number of phenolic OH excluding ortho intramolecular Hbond substituents is 1. The highest BCUT2D eigenvalue weighted by atomic mass is 32.1. The summed E-state index contributed by atoms with van der Waals surface area (Å²) < 4.78 is 26.9. The number of thiazole rings is 1. The average molecular weight is 442 g/mol. The summed E-state index contributed by atoms with van der Waals surface area (Å²) in [5.41, 5.74) is 0.422. The first-order valence-corrected chi connectivity index (χ1v) is 9.61. The van der Waals surface area contributed by atoms with Gasteiger partial charge in [0.2, 0.25) is 0 Å². The molecule has 0 bridgehead atoms. The van der Waals surface area contributed by atoms with Gasteiger partial charge in [-0.15, -0.1) is 11.3 Å². The molecule has 0 spiro atoms. The zero-order valence-corrected chi connectivity index (χ0v) is 16.3. The number of aromatic nitrogens is 3. The number of nitrogens with one attached hydrogen (secondary N) is 1. The van der Waals surface area contributed by atoms with Crippen LogP contribution in [0.1, 0.15) is 10.4 Å². The summed E-state index contributed by atoms with van der Waals surface area (Å²) in [6.07, 6.45) is 2.84. The van der Waals surface area contributed by atoms with Crippen molar-refractivity contribution in [3.8, 4) is 27.6 Å². The van der Waals surface area contributed by atoms with Gasteiger partial charge in [0.05, 0.1) is 23.0 Å². The van der Waals surface area contributed by atoms with E-state index in [1.165, 1.54) is 35.9 Å². The van der Waals surface area contributed by atoms with Crippen molar-refractivity contribution in [2.45, 2.75) is 0 Å². The van der Waals surface area contributed by atoms with Crippen LogP contribution in [0.4, 0.5) is 8.78 Å². The van der Waals surface area contributed by atoms with Gasteiger partial charge >= 0.3 is 5.97 Å². The minimum absolute atomic E-state index is 0.0390.